The number of hydrogen-bond acceptors (Lipinski definition) is 6. The maximum absolute atomic E-state index is 11.6. The standard InChI is InChI=1S/C20H23N3O4S2/c1-26-16-7-4-13(5-8-16)17(18-12-28-20(21)22-18)11-14-10-15(23-29(3,24)25)6-9-19(14)27-2/h4-10,12,17,23H,11H2,1-3H3,(H2,21,22)/p+1. The number of methoxy groups -OCH3 is 2. The van der Waals surface area contributed by atoms with E-state index in [9.17, 15) is 8.42 Å². The van der Waals surface area contributed by atoms with Crippen molar-refractivity contribution in [2.75, 3.05) is 30.9 Å². The Kier molecular flexibility index (Phi) is 6.29. The Hall–Kier alpha value is -2.78. The number of benzene rings is 2. The third kappa shape index (κ3) is 5.39. The van der Waals surface area contributed by atoms with Crippen LogP contribution in [-0.4, -0.2) is 28.9 Å². The average molecular weight is 435 g/mol. The first-order valence-electron chi connectivity index (χ1n) is 8.84. The summed E-state index contributed by atoms with van der Waals surface area (Å²) in [5.74, 6) is 1.43. The molecule has 3 aromatic rings. The highest BCUT2D eigenvalue weighted by molar-refractivity contribution is 7.92. The predicted octanol–water partition coefficient (Wildman–Crippen LogP) is 2.91. The van der Waals surface area contributed by atoms with Crippen LogP contribution in [0.2, 0.25) is 0 Å². The largest absolute Gasteiger partial charge is 0.497 e. The fraction of sp³-hybridized carbons (Fsp3) is 0.250. The maximum Gasteiger partial charge on any atom is 0.329 e. The van der Waals surface area contributed by atoms with Crippen molar-refractivity contribution in [2.45, 2.75) is 12.3 Å². The topological polar surface area (TPSA) is 105 Å². The molecule has 0 aliphatic carbocycles. The monoisotopic (exact) mass is 434 g/mol. The molecule has 0 bridgehead atoms. The van der Waals surface area contributed by atoms with Gasteiger partial charge < -0.3 is 9.47 Å². The molecule has 29 heavy (non-hydrogen) atoms. The van der Waals surface area contributed by atoms with E-state index in [1.54, 1.807) is 32.4 Å². The minimum Gasteiger partial charge on any atom is -0.497 e. The second kappa shape index (κ2) is 8.71. The van der Waals surface area contributed by atoms with Crippen molar-refractivity contribution in [1.29, 1.82) is 0 Å². The molecule has 0 amide bonds. The summed E-state index contributed by atoms with van der Waals surface area (Å²) < 4.78 is 36.5. The van der Waals surface area contributed by atoms with Gasteiger partial charge in [-0.3, -0.25) is 10.5 Å². The molecule has 1 unspecified atom stereocenters. The molecule has 9 heteroatoms. The van der Waals surface area contributed by atoms with Gasteiger partial charge in [-0.1, -0.05) is 23.5 Å². The van der Waals surface area contributed by atoms with Crippen LogP contribution in [0.5, 0.6) is 11.5 Å². The van der Waals surface area contributed by atoms with Crippen LogP contribution in [0, 0.1) is 0 Å². The van der Waals surface area contributed by atoms with Crippen LogP contribution >= 0.6 is 11.3 Å². The average Bonchev–Trinajstić information content (AvgIpc) is 3.11. The summed E-state index contributed by atoms with van der Waals surface area (Å²) in [4.78, 5) is 3.23. The number of ether oxygens (including phenoxy) is 2. The van der Waals surface area contributed by atoms with Crippen molar-refractivity contribution >= 4 is 32.2 Å². The van der Waals surface area contributed by atoms with E-state index in [1.165, 1.54) is 11.3 Å². The van der Waals surface area contributed by atoms with Gasteiger partial charge in [-0.2, -0.15) is 0 Å². The van der Waals surface area contributed by atoms with E-state index in [0.29, 0.717) is 23.0 Å². The number of thiazole rings is 1. The normalized spacial score (nSPS) is 12.4. The summed E-state index contributed by atoms with van der Waals surface area (Å²) >= 11 is 1.44. The number of H-pyrrole nitrogens is 1. The van der Waals surface area contributed by atoms with E-state index < -0.39 is 10.0 Å². The van der Waals surface area contributed by atoms with E-state index in [0.717, 1.165) is 28.8 Å². The van der Waals surface area contributed by atoms with E-state index >= 15 is 0 Å². The van der Waals surface area contributed by atoms with E-state index in [4.69, 9.17) is 15.2 Å². The van der Waals surface area contributed by atoms with Crippen LogP contribution in [0.15, 0.2) is 47.8 Å². The minimum absolute atomic E-state index is 0.0307. The fourth-order valence-electron chi connectivity index (χ4n) is 3.18. The number of nitrogen functional groups attached to an aromatic ring is 1. The van der Waals surface area contributed by atoms with Crippen LogP contribution in [0.3, 0.4) is 0 Å². The zero-order chi connectivity index (χ0) is 21.0. The van der Waals surface area contributed by atoms with Gasteiger partial charge in [0, 0.05) is 11.1 Å². The number of hydrogen-bond donors (Lipinski definition) is 2. The summed E-state index contributed by atoms with van der Waals surface area (Å²) in [6.45, 7) is 0. The maximum atomic E-state index is 11.6. The molecule has 0 aliphatic rings. The summed E-state index contributed by atoms with van der Waals surface area (Å²) in [5.41, 5.74) is 9.34. The Morgan fingerprint density at radius 2 is 1.86 bits per heavy atom. The molecule has 1 aromatic heterocycles. The first-order chi connectivity index (χ1) is 13.8. The van der Waals surface area contributed by atoms with Crippen molar-refractivity contribution in [2.24, 2.45) is 0 Å². The first-order valence-corrected chi connectivity index (χ1v) is 11.6. The zero-order valence-electron chi connectivity index (χ0n) is 16.4. The van der Waals surface area contributed by atoms with Gasteiger partial charge >= 0.3 is 5.13 Å². The molecule has 0 radical (unpaired) electrons. The number of anilines is 2. The number of aromatic nitrogens is 1. The van der Waals surface area contributed by atoms with Crippen molar-refractivity contribution in [3.63, 3.8) is 0 Å². The fourth-order valence-corrected chi connectivity index (χ4v) is 4.39. The van der Waals surface area contributed by atoms with Gasteiger partial charge in [0.05, 0.1) is 26.4 Å². The lowest BCUT2D eigenvalue weighted by atomic mass is 9.89. The van der Waals surface area contributed by atoms with Gasteiger partial charge in [-0.25, -0.2) is 13.4 Å². The Labute approximate surface area is 174 Å². The molecule has 154 valence electrons. The smallest absolute Gasteiger partial charge is 0.329 e. The van der Waals surface area contributed by atoms with E-state index in [-0.39, 0.29) is 5.92 Å². The highest BCUT2D eigenvalue weighted by Gasteiger charge is 2.22. The molecule has 1 atom stereocenters. The molecule has 0 spiro atoms. The molecule has 0 saturated carbocycles. The highest BCUT2D eigenvalue weighted by Crippen LogP contribution is 2.33. The first kappa shape index (κ1) is 20.9. The zero-order valence-corrected chi connectivity index (χ0v) is 18.1. The van der Waals surface area contributed by atoms with Gasteiger partial charge in [0.15, 0.2) is 0 Å². The second-order valence-corrected chi connectivity index (χ2v) is 9.27. The predicted molar refractivity (Wildman–Crippen MR) is 115 cm³/mol. The van der Waals surface area contributed by atoms with Crippen LogP contribution in [0.1, 0.15) is 22.7 Å². The van der Waals surface area contributed by atoms with Gasteiger partial charge in [-0.05, 0) is 47.9 Å². The summed E-state index contributed by atoms with van der Waals surface area (Å²) in [6.07, 6.45) is 1.71. The number of nitrogens with one attached hydrogen (secondary N) is 2. The van der Waals surface area contributed by atoms with Crippen molar-refractivity contribution in [3.05, 3.63) is 64.7 Å². The Morgan fingerprint density at radius 3 is 2.41 bits per heavy atom. The summed E-state index contributed by atoms with van der Waals surface area (Å²) in [6, 6.07) is 13.1. The lowest BCUT2D eigenvalue weighted by Crippen LogP contribution is -2.17. The second-order valence-electron chi connectivity index (χ2n) is 6.61. The molecule has 1 heterocycles. The van der Waals surface area contributed by atoms with E-state index in [2.05, 4.69) is 9.71 Å². The van der Waals surface area contributed by atoms with Crippen molar-refractivity contribution in [3.8, 4) is 11.5 Å². The van der Waals surface area contributed by atoms with E-state index in [1.807, 2.05) is 29.6 Å². The molecule has 0 aliphatic heterocycles. The van der Waals surface area contributed by atoms with Gasteiger partial charge in [-0.15, -0.1) is 0 Å². The SMILES string of the molecule is COc1ccc(C(Cc2cc(NS(C)(=O)=O)ccc2OC)c2csc(N)[nH+]2)cc1. The molecule has 0 saturated heterocycles. The molecule has 3 rings (SSSR count). The van der Waals surface area contributed by atoms with Crippen LogP contribution < -0.4 is 24.9 Å². The highest BCUT2D eigenvalue weighted by atomic mass is 32.2. The molecule has 0 fully saturated rings. The quantitative estimate of drug-likeness (QED) is 0.567. The lowest BCUT2D eigenvalue weighted by Gasteiger charge is -2.18. The number of aromatic amines is 1. The third-order valence-corrected chi connectivity index (χ3v) is 5.82. The van der Waals surface area contributed by atoms with Gasteiger partial charge in [0.2, 0.25) is 10.0 Å². The minimum atomic E-state index is -3.38. The van der Waals surface area contributed by atoms with Gasteiger partial charge in [0.25, 0.3) is 0 Å². The van der Waals surface area contributed by atoms with Crippen molar-refractivity contribution < 1.29 is 22.9 Å². The van der Waals surface area contributed by atoms with Crippen LogP contribution in [0.25, 0.3) is 0 Å². The molecule has 2 aromatic carbocycles. The summed E-state index contributed by atoms with van der Waals surface area (Å²) in [5, 5.41) is 2.62. The summed E-state index contributed by atoms with van der Waals surface area (Å²) in [7, 11) is -0.150. The molecule has 4 N–H and O–H groups in total. The molecule has 7 nitrogen and oxygen atoms in total. The van der Waals surface area contributed by atoms with Crippen LogP contribution in [0.4, 0.5) is 10.8 Å². The molecular weight excluding hydrogens is 410 g/mol. The number of nitrogens with two attached hydrogens (primary N) is 1. The Morgan fingerprint density at radius 1 is 1.14 bits per heavy atom. The number of sulfonamides is 1. The van der Waals surface area contributed by atoms with Gasteiger partial charge in [0.1, 0.15) is 17.2 Å². The molecular formula is C20H24N3O4S2+. The lowest BCUT2D eigenvalue weighted by molar-refractivity contribution is -0.368. The number of rotatable bonds is 8. The Balaban J connectivity index is 2.01. The Bertz CT molecular complexity index is 1080. The third-order valence-electron chi connectivity index (χ3n) is 4.48. The van der Waals surface area contributed by atoms with Crippen LogP contribution in [-0.2, 0) is 16.4 Å². The van der Waals surface area contributed by atoms with Crippen molar-refractivity contribution in [1.82, 2.24) is 0 Å².